The van der Waals surface area contributed by atoms with Gasteiger partial charge in [0.15, 0.2) is 0 Å². The van der Waals surface area contributed by atoms with E-state index in [0.29, 0.717) is 6.54 Å². The average molecular weight is 244 g/mol. The van der Waals surface area contributed by atoms with E-state index >= 15 is 0 Å². The van der Waals surface area contributed by atoms with Crippen LogP contribution in [-0.4, -0.2) is 42.5 Å². The lowest BCUT2D eigenvalue weighted by atomic mass is 9.98. The van der Waals surface area contributed by atoms with Crippen molar-refractivity contribution in [3.05, 3.63) is 0 Å². The minimum Gasteiger partial charge on any atom is -0.394 e. The van der Waals surface area contributed by atoms with Crippen molar-refractivity contribution >= 4 is 6.03 Å². The predicted molar refractivity (Wildman–Crippen MR) is 65.9 cm³/mol. The van der Waals surface area contributed by atoms with Gasteiger partial charge < -0.3 is 20.5 Å². The summed E-state index contributed by atoms with van der Waals surface area (Å²) in [5.41, 5.74) is -0.532. The topological polar surface area (TPSA) is 70.6 Å². The van der Waals surface area contributed by atoms with Gasteiger partial charge in [0.2, 0.25) is 0 Å². The second-order valence-electron chi connectivity index (χ2n) is 4.94. The van der Waals surface area contributed by atoms with Crippen LogP contribution in [0, 0.1) is 0 Å². The van der Waals surface area contributed by atoms with Crippen molar-refractivity contribution in [1.29, 1.82) is 0 Å². The summed E-state index contributed by atoms with van der Waals surface area (Å²) in [6, 6.07) is -0.231. The van der Waals surface area contributed by atoms with E-state index in [1.165, 1.54) is 0 Å². The van der Waals surface area contributed by atoms with Gasteiger partial charge in [-0.2, -0.15) is 0 Å². The lowest BCUT2D eigenvalue weighted by Gasteiger charge is -2.28. The molecule has 0 spiro atoms. The molecule has 0 aromatic carbocycles. The van der Waals surface area contributed by atoms with Crippen LogP contribution in [-0.2, 0) is 4.74 Å². The second kappa shape index (κ2) is 6.81. The Morgan fingerprint density at radius 3 is 2.88 bits per heavy atom. The molecule has 1 saturated heterocycles. The fraction of sp³-hybridized carbons (Fsp3) is 0.917. The number of aliphatic hydroxyl groups is 1. The van der Waals surface area contributed by atoms with Gasteiger partial charge in [0, 0.05) is 13.2 Å². The van der Waals surface area contributed by atoms with Gasteiger partial charge in [-0.25, -0.2) is 4.79 Å². The minimum atomic E-state index is -0.532. The molecule has 0 aliphatic carbocycles. The molecule has 2 atom stereocenters. The van der Waals surface area contributed by atoms with E-state index in [1.807, 2.05) is 13.8 Å². The third kappa shape index (κ3) is 4.91. The Hall–Kier alpha value is -0.810. The average Bonchev–Trinajstić information content (AvgIpc) is 2.79. The number of carbonyl (C=O) groups excluding carboxylic acids is 1. The maximum absolute atomic E-state index is 11.7. The first-order chi connectivity index (χ1) is 8.09. The maximum Gasteiger partial charge on any atom is 0.315 e. The predicted octanol–water partition coefficient (Wildman–Crippen LogP) is 1.02. The van der Waals surface area contributed by atoms with E-state index in [9.17, 15) is 9.90 Å². The number of aliphatic hydroxyl groups excluding tert-OH is 1. The van der Waals surface area contributed by atoms with E-state index in [2.05, 4.69) is 10.6 Å². The summed E-state index contributed by atoms with van der Waals surface area (Å²) in [6.07, 6.45) is 3.90. The number of hydrogen-bond donors (Lipinski definition) is 3. The highest BCUT2D eigenvalue weighted by atomic mass is 16.5. The molecule has 5 nitrogen and oxygen atoms in total. The molecule has 2 unspecified atom stereocenters. The molecule has 0 bridgehead atoms. The van der Waals surface area contributed by atoms with E-state index in [-0.39, 0.29) is 18.7 Å². The first-order valence-electron chi connectivity index (χ1n) is 6.38. The molecular formula is C12H24N2O3. The number of amides is 2. The van der Waals surface area contributed by atoms with Gasteiger partial charge in [-0.15, -0.1) is 0 Å². The first kappa shape index (κ1) is 14.3. The van der Waals surface area contributed by atoms with E-state index in [0.717, 1.165) is 32.3 Å². The highest BCUT2D eigenvalue weighted by molar-refractivity contribution is 5.74. The highest BCUT2D eigenvalue weighted by Crippen LogP contribution is 2.12. The zero-order valence-corrected chi connectivity index (χ0v) is 10.8. The van der Waals surface area contributed by atoms with Crippen LogP contribution in [0.5, 0.6) is 0 Å². The minimum absolute atomic E-state index is 0.0474. The third-order valence-electron chi connectivity index (χ3n) is 3.08. The van der Waals surface area contributed by atoms with Crippen LogP contribution in [0.3, 0.4) is 0 Å². The zero-order valence-electron chi connectivity index (χ0n) is 10.8. The molecule has 1 heterocycles. The van der Waals surface area contributed by atoms with Crippen LogP contribution in [0.15, 0.2) is 0 Å². The smallest absolute Gasteiger partial charge is 0.315 e. The molecule has 0 aromatic rings. The third-order valence-corrected chi connectivity index (χ3v) is 3.08. The Morgan fingerprint density at radius 1 is 1.59 bits per heavy atom. The molecule has 1 aliphatic rings. The Kier molecular flexibility index (Phi) is 5.71. The monoisotopic (exact) mass is 244 g/mol. The molecule has 2 amide bonds. The molecular weight excluding hydrogens is 220 g/mol. The van der Waals surface area contributed by atoms with Crippen molar-refractivity contribution in [1.82, 2.24) is 10.6 Å². The van der Waals surface area contributed by atoms with Gasteiger partial charge in [-0.3, -0.25) is 0 Å². The van der Waals surface area contributed by atoms with E-state index in [4.69, 9.17) is 4.74 Å². The molecule has 17 heavy (non-hydrogen) atoms. The van der Waals surface area contributed by atoms with Crippen molar-refractivity contribution in [2.75, 3.05) is 19.8 Å². The molecule has 100 valence electrons. The van der Waals surface area contributed by atoms with Crippen molar-refractivity contribution in [3.8, 4) is 0 Å². The summed E-state index contributed by atoms with van der Waals surface area (Å²) in [5.74, 6) is 0. The summed E-state index contributed by atoms with van der Waals surface area (Å²) >= 11 is 0. The maximum atomic E-state index is 11.7. The van der Waals surface area contributed by atoms with Crippen LogP contribution >= 0.6 is 0 Å². The molecule has 0 aromatic heterocycles. The summed E-state index contributed by atoms with van der Waals surface area (Å²) in [7, 11) is 0. The van der Waals surface area contributed by atoms with Crippen LogP contribution in [0.1, 0.15) is 39.5 Å². The summed E-state index contributed by atoms with van der Waals surface area (Å²) in [5, 5.41) is 14.9. The van der Waals surface area contributed by atoms with Gasteiger partial charge in [0.25, 0.3) is 0 Å². The van der Waals surface area contributed by atoms with Crippen LogP contribution < -0.4 is 10.6 Å². The Morgan fingerprint density at radius 2 is 2.35 bits per heavy atom. The quantitative estimate of drug-likeness (QED) is 0.653. The molecule has 0 radical (unpaired) electrons. The van der Waals surface area contributed by atoms with Crippen molar-refractivity contribution in [3.63, 3.8) is 0 Å². The van der Waals surface area contributed by atoms with Crippen molar-refractivity contribution < 1.29 is 14.6 Å². The fourth-order valence-electron chi connectivity index (χ4n) is 2.06. The first-order valence-corrected chi connectivity index (χ1v) is 6.38. The Balaban J connectivity index is 2.26. The number of hydrogen-bond acceptors (Lipinski definition) is 3. The lowest BCUT2D eigenvalue weighted by Crippen LogP contribution is -2.53. The summed E-state index contributed by atoms with van der Waals surface area (Å²) in [6.45, 7) is 5.16. The van der Waals surface area contributed by atoms with Crippen molar-refractivity contribution in [2.24, 2.45) is 0 Å². The zero-order chi connectivity index (χ0) is 12.7. The van der Waals surface area contributed by atoms with E-state index in [1.54, 1.807) is 0 Å². The largest absolute Gasteiger partial charge is 0.394 e. The Bertz CT molecular complexity index is 242. The molecule has 0 saturated carbocycles. The van der Waals surface area contributed by atoms with Crippen LogP contribution in [0.25, 0.3) is 0 Å². The van der Waals surface area contributed by atoms with Crippen molar-refractivity contribution in [2.45, 2.75) is 51.2 Å². The Labute approximate surface area is 103 Å². The van der Waals surface area contributed by atoms with Gasteiger partial charge in [-0.05, 0) is 26.2 Å². The normalized spacial score (nSPS) is 23.1. The fourth-order valence-corrected chi connectivity index (χ4v) is 2.06. The number of nitrogens with one attached hydrogen (secondary N) is 2. The van der Waals surface area contributed by atoms with Gasteiger partial charge in [0.1, 0.15) is 0 Å². The number of ether oxygens (including phenoxy) is 1. The van der Waals surface area contributed by atoms with Gasteiger partial charge >= 0.3 is 6.03 Å². The molecule has 1 rings (SSSR count). The number of rotatable bonds is 6. The standard InChI is InChI=1S/C12H24N2O3/c1-3-6-12(2,9-15)14-11(16)13-8-10-5-4-7-17-10/h10,15H,3-9H2,1-2H3,(H2,13,14,16). The second-order valence-corrected chi connectivity index (χ2v) is 4.94. The van der Waals surface area contributed by atoms with Gasteiger partial charge in [-0.1, -0.05) is 13.3 Å². The van der Waals surface area contributed by atoms with Crippen LogP contribution in [0.4, 0.5) is 4.79 Å². The molecule has 1 aliphatic heterocycles. The van der Waals surface area contributed by atoms with Gasteiger partial charge in [0.05, 0.1) is 18.2 Å². The highest BCUT2D eigenvalue weighted by Gasteiger charge is 2.25. The van der Waals surface area contributed by atoms with E-state index < -0.39 is 5.54 Å². The molecule has 5 heteroatoms. The number of urea groups is 1. The molecule has 1 fully saturated rings. The molecule has 3 N–H and O–H groups in total. The summed E-state index contributed by atoms with van der Waals surface area (Å²) < 4.78 is 5.42. The summed E-state index contributed by atoms with van der Waals surface area (Å²) in [4.78, 5) is 11.7. The SMILES string of the molecule is CCCC(C)(CO)NC(=O)NCC1CCCO1. The van der Waals surface area contributed by atoms with Crippen LogP contribution in [0.2, 0.25) is 0 Å². The lowest BCUT2D eigenvalue weighted by molar-refractivity contribution is 0.109. The number of carbonyl (C=O) groups is 1.